The summed E-state index contributed by atoms with van der Waals surface area (Å²) in [7, 11) is 1.51. The molecule has 2 unspecified atom stereocenters. The maximum absolute atomic E-state index is 12.4. The van der Waals surface area contributed by atoms with Crippen LogP contribution in [0.25, 0.3) is 0 Å². The van der Waals surface area contributed by atoms with Crippen LogP contribution in [0, 0.1) is 6.92 Å². The minimum Gasteiger partial charge on any atom is -0.495 e. The molecule has 1 aromatic heterocycles. The first-order valence-corrected chi connectivity index (χ1v) is 9.63. The Balaban J connectivity index is 1.98. The van der Waals surface area contributed by atoms with Gasteiger partial charge in [0.05, 0.1) is 25.3 Å². The number of esters is 1. The van der Waals surface area contributed by atoms with Crippen molar-refractivity contribution in [1.82, 2.24) is 5.32 Å². The summed E-state index contributed by atoms with van der Waals surface area (Å²) < 4.78 is 10.5. The van der Waals surface area contributed by atoms with Crippen LogP contribution in [-0.2, 0) is 19.1 Å². The van der Waals surface area contributed by atoms with E-state index < -0.39 is 24.0 Å². The average Bonchev–Trinajstić information content (AvgIpc) is 3.15. The highest BCUT2D eigenvalue weighted by molar-refractivity contribution is 7.10. The highest BCUT2D eigenvalue weighted by atomic mass is 32.1. The minimum atomic E-state index is -1.00. The van der Waals surface area contributed by atoms with Crippen molar-refractivity contribution in [3.63, 3.8) is 0 Å². The van der Waals surface area contributed by atoms with Gasteiger partial charge in [0.15, 0.2) is 6.10 Å². The number of aryl methyl sites for hydroxylation is 1. The molecular formula is C20H24N2O5S. The third-order valence-corrected chi connectivity index (χ3v) is 4.91. The Hall–Kier alpha value is -2.87. The molecule has 28 heavy (non-hydrogen) atoms. The lowest BCUT2D eigenvalue weighted by Gasteiger charge is -2.18. The van der Waals surface area contributed by atoms with E-state index in [-0.39, 0.29) is 12.3 Å². The molecular weight excluding hydrogens is 380 g/mol. The molecule has 1 heterocycles. The lowest BCUT2D eigenvalue weighted by Crippen LogP contribution is -2.33. The van der Waals surface area contributed by atoms with Crippen LogP contribution in [0.15, 0.2) is 35.7 Å². The monoisotopic (exact) mass is 404 g/mol. The second kappa shape index (κ2) is 9.89. The summed E-state index contributed by atoms with van der Waals surface area (Å²) in [6.07, 6.45) is -1.06. The minimum absolute atomic E-state index is 0.0640. The number of benzene rings is 1. The van der Waals surface area contributed by atoms with E-state index in [9.17, 15) is 14.4 Å². The third kappa shape index (κ3) is 6.09. The predicted octanol–water partition coefficient (Wildman–Crippen LogP) is 3.20. The topological polar surface area (TPSA) is 93.7 Å². The van der Waals surface area contributed by atoms with Gasteiger partial charge in [-0.1, -0.05) is 12.1 Å². The van der Waals surface area contributed by atoms with Crippen molar-refractivity contribution < 1.29 is 23.9 Å². The van der Waals surface area contributed by atoms with Gasteiger partial charge in [0.1, 0.15) is 5.75 Å². The zero-order valence-corrected chi connectivity index (χ0v) is 17.1. The number of hydrogen-bond acceptors (Lipinski definition) is 6. The van der Waals surface area contributed by atoms with E-state index in [1.807, 2.05) is 30.5 Å². The van der Waals surface area contributed by atoms with Gasteiger partial charge in [0, 0.05) is 11.8 Å². The molecule has 0 radical (unpaired) electrons. The number of amides is 2. The van der Waals surface area contributed by atoms with E-state index in [4.69, 9.17) is 9.47 Å². The Morgan fingerprint density at radius 3 is 2.57 bits per heavy atom. The van der Waals surface area contributed by atoms with Crippen molar-refractivity contribution in [2.24, 2.45) is 0 Å². The van der Waals surface area contributed by atoms with Crippen LogP contribution in [-0.4, -0.2) is 31.0 Å². The number of hydrogen-bond donors (Lipinski definition) is 2. The van der Waals surface area contributed by atoms with Gasteiger partial charge < -0.3 is 20.1 Å². The quantitative estimate of drug-likeness (QED) is 0.659. The molecule has 2 N–H and O–H groups in total. The van der Waals surface area contributed by atoms with E-state index in [1.54, 1.807) is 12.1 Å². The van der Waals surface area contributed by atoms with Gasteiger partial charge in [0.2, 0.25) is 5.91 Å². The van der Waals surface area contributed by atoms with E-state index in [1.165, 1.54) is 32.3 Å². The van der Waals surface area contributed by atoms with Crippen LogP contribution >= 0.6 is 11.3 Å². The van der Waals surface area contributed by atoms with Crippen molar-refractivity contribution in [3.8, 4) is 5.75 Å². The largest absolute Gasteiger partial charge is 0.495 e. The van der Waals surface area contributed by atoms with E-state index >= 15 is 0 Å². The Morgan fingerprint density at radius 2 is 1.96 bits per heavy atom. The normalized spacial score (nSPS) is 12.6. The fourth-order valence-corrected chi connectivity index (χ4v) is 3.35. The number of methoxy groups -OCH3 is 1. The number of thiophene rings is 1. The molecule has 0 aliphatic rings. The zero-order chi connectivity index (χ0) is 20.7. The summed E-state index contributed by atoms with van der Waals surface area (Å²) in [5, 5.41) is 7.30. The highest BCUT2D eigenvalue weighted by Crippen LogP contribution is 2.26. The van der Waals surface area contributed by atoms with Gasteiger partial charge in [-0.05, 0) is 43.0 Å². The fraction of sp³-hybridized carbons (Fsp3) is 0.350. The SMILES string of the molecule is COc1ccc(C)cc1NC(=O)C(C)OC(=O)CC(NC(C)=O)c1cccs1. The van der Waals surface area contributed by atoms with E-state index in [0.717, 1.165) is 10.4 Å². The molecule has 2 rings (SSSR count). The first-order valence-electron chi connectivity index (χ1n) is 8.75. The Kier molecular flexibility index (Phi) is 7.57. The van der Waals surface area contributed by atoms with Crippen molar-refractivity contribution in [1.29, 1.82) is 0 Å². The number of ether oxygens (including phenoxy) is 2. The lowest BCUT2D eigenvalue weighted by atomic mass is 10.1. The molecule has 0 saturated carbocycles. The molecule has 1 aromatic carbocycles. The lowest BCUT2D eigenvalue weighted by molar-refractivity contribution is -0.153. The molecule has 0 aliphatic carbocycles. The summed E-state index contributed by atoms with van der Waals surface area (Å²) >= 11 is 1.43. The molecule has 7 nitrogen and oxygen atoms in total. The maximum atomic E-state index is 12.4. The average molecular weight is 404 g/mol. The summed E-state index contributed by atoms with van der Waals surface area (Å²) in [5.74, 6) is -0.778. The molecule has 2 aromatic rings. The summed E-state index contributed by atoms with van der Waals surface area (Å²) in [5.41, 5.74) is 1.46. The molecule has 0 fully saturated rings. The molecule has 2 atom stereocenters. The van der Waals surface area contributed by atoms with E-state index in [2.05, 4.69) is 10.6 Å². The smallest absolute Gasteiger partial charge is 0.309 e. The number of carbonyl (C=O) groups excluding carboxylic acids is 3. The summed E-state index contributed by atoms with van der Waals surface area (Å²) in [6, 6.07) is 8.57. The van der Waals surface area contributed by atoms with Crippen molar-refractivity contribution in [2.45, 2.75) is 39.3 Å². The Bertz CT molecular complexity index is 835. The molecule has 0 aliphatic heterocycles. The fourth-order valence-electron chi connectivity index (χ4n) is 2.58. The second-order valence-corrected chi connectivity index (χ2v) is 7.28. The van der Waals surface area contributed by atoms with Gasteiger partial charge in [-0.25, -0.2) is 0 Å². The van der Waals surface area contributed by atoms with Crippen LogP contribution in [0.3, 0.4) is 0 Å². The summed E-state index contributed by atoms with van der Waals surface area (Å²) in [4.78, 5) is 37.0. The standard InChI is InChI=1S/C20H24N2O5S/c1-12-7-8-17(26-4)15(10-12)22-20(25)13(2)27-19(24)11-16(21-14(3)23)18-6-5-9-28-18/h5-10,13,16H,11H2,1-4H3,(H,21,23)(H,22,25). The maximum Gasteiger partial charge on any atom is 0.309 e. The number of nitrogens with one attached hydrogen (secondary N) is 2. The van der Waals surface area contributed by atoms with Crippen molar-refractivity contribution in [3.05, 3.63) is 46.2 Å². The second-order valence-electron chi connectivity index (χ2n) is 6.30. The first-order chi connectivity index (χ1) is 13.3. The number of rotatable bonds is 8. The van der Waals surface area contributed by atoms with Crippen LogP contribution in [0.2, 0.25) is 0 Å². The van der Waals surface area contributed by atoms with Crippen LogP contribution in [0.4, 0.5) is 5.69 Å². The number of anilines is 1. The Morgan fingerprint density at radius 1 is 1.21 bits per heavy atom. The van der Waals surface area contributed by atoms with Crippen LogP contribution in [0.1, 0.15) is 36.8 Å². The third-order valence-electron chi connectivity index (χ3n) is 3.93. The number of carbonyl (C=O) groups is 3. The molecule has 0 spiro atoms. The Labute approximate surface area is 168 Å². The molecule has 8 heteroatoms. The van der Waals surface area contributed by atoms with Gasteiger partial charge in [-0.15, -0.1) is 11.3 Å². The van der Waals surface area contributed by atoms with Gasteiger partial charge in [-0.2, -0.15) is 0 Å². The molecule has 0 bridgehead atoms. The van der Waals surface area contributed by atoms with Gasteiger partial charge >= 0.3 is 5.97 Å². The zero-order valence-electron chi connectivity index (χ0n) is 16.3. The van der Waals surface area contributed by atoms with Crippen molar-refractivity contribution >= 4 is 34.8 Å². The summed E-state index contributed by atoms with van der Waals surface area (Å²) in [6.45, 7) is 4.77. The predicted molar refractivity (Wildman–Crippen MR) is 107 cm³/mol. The first kappa shape index (κ1) is 21.4. The van der Waals surface area contributed by atoms with E-state index in [0.29, 0.717) is 11.4 Å². The highest BCUT2D eigenvalue weighted by Gasteiger charge is 2.23. The molecule has 0 saturated heterocycles. The molecule has 2 amide bonds. The van der Waals surface area contributed by atoms with Crippen molar-refractivity contribution in [2.75, 3.05) is 12.4 Å². The van der Waals surface area contributed by atoms with Crippen LogP contribution < -0.4 is 15.4 Å². The van der Waals surface area contributed by atoms with Gasteiger partial charge in [-0.3, -0.25) is 14.4 Å². The molecule has 150 valence electrons. The van der Waals surface area contributed by atoms with Crippen LogP contribution in [0.5, 0.6) is 5.75 Å². The van der Waals surface area contributed by atoms with Gasteiger partial charge in [0.25, 0.3) is 5.91 Å².